The van der Waals surface area contributed by atoms with Gasteiger partial charge in [-0.25, -0.2) is 0 Å². The summed E-state index contributed by atoms with van der Waals surface area (Å²) in [6, 6.07) is 6.71. The van der Waals surface area contributed by atoms with E-state index in [9.17, 15) is 10.1 Å². The highest BCUT2D eigenvalue weighted by molar-refractivity contribution is 5.37. The number of rotatable bonds is 5. The topological polar surface area (TPSA) is 64.8 Å². The van der Waals surface area contributed by atoms with E-state index in [-0.39, 0.29) is 11.8 Å². The highest BCUT2D eigenvalue weighted by atomic mass is 16.6. The van der Waals surface area contributed by atoms with E-state index in [1.54, 1.807) is 12.1 Å². The third-order valence-corrected chi connectivity index (χ3v) is 3.36. The summed E-state index contributed by atoms with van der Waals surface area (Å²) in [7, 11) is 0. The monoisotopic (exact) mass is 280 g/mol. The normalized spacial score (nSPS) is 20.1. The van der Waals surface area contributed by atoms with Crippen molar-refractivity contribution in [2.24, 2.45) is 0 Å². The summed E-state index contributed by atoms with van der Waals surface area (Å²) in [6.45, 7) is 7.18. The van der Waals surface area contributed by atoms with Crippen LogP contribution < -0.4 is 4.74 Å². The lowest BCUT2D eigenvalue weighted by atomic mass is 10.2. The molecule has 0 unspecified atom stereocenters. The third kappa shape index (κ3) is 3.91. The second kappa shape index (κ2) is 6.67. The van der Waals surface area contributed by atoms with Gasteiger partial charge in [-0.2, -0.15) is 0 Å². The van der Waals surface area contributed by atoms with Crippen molar-refractivity contribution >= 4 is 5.69 Å². The Morgan fingerprint density at radius 2 is 2.35 bits per heavy atom. The van der Waals surface area contributed by atoms with E-state index in [1.165, 1.54) is 12.1 Å². The van der Waals surface area contributed by atoms with Gasteiger partial charge < -0.3 is 9.47 Å². The number of nitro groups is 1. The second-order valence-corrected chi connectivity index (χ2v) is 5.15. The molecular formula is C14H20N2O4. The molecule has 1 aliphatic heterocycles. The van der Waals surface area contributed by atoms with Gasteiger partial charge in [-0.3, -0.25) is 15.0 Å². The summed E-state index contributed by atoms with van der Waals surface area (Å²) in [4.78, 5) is 12.6. The van der Waals surface area contributed by atoms with Crippen molar-refractivity contribution in [2.45, 2.75) is 26.0 Å². The first kappa shape index (κ1) is 14.7. The van der Waals surface area contributed by atoms with Crippen LogP contribution in [0.15, 0.2) is 24.3 Å². The highest BCUT2D eigenvalue weighted by Gasteiger charge is 2.22. The van der Waals surface area contributed by atoms with Crippen LogP contribution in [0.4, 0.5) is 5.69 Å². The molecule has 0 radical (unpaired) electrons. The van der Waals surface area contributed by atoms with Crippen LogP contribution >= 0.6 is 0 Å². The van der Waals surface area contributed by atoms with Crippen LogP contribution in [-0.4, -0.2) is 48.3 Å². The Labute approximate surface area is 118 Å². The zero-order valence-electron chi connectivity index (χ0n) is 11.8. The zero-order valence-corrected chi connectivity index (χ0v) is 11.8. The summed E-state index contributed by atoms with van der Waals surface area (Å²) >= 11 is 0. The van der Waals surface area contributed by atoms with Crippen molar-refractivity contribution < 1.29 is 14.4 Å². The molecule has 0 aliphatic carbocycles. The number of hydrogen-bond acceptors (Lipinski definition) is 5. The maximum Gasteiger partial charge on any atom is 0.273 e. The largest absolute Gasteiger partial charge is 0.491 e. The number of hydrogen-bond donors (Lipinski definition) is 0. The quantitative estimate of drug-likeness (QED) is 0.610. The molecule has 2 rings (SSSR count). The highest BCUT2D eigenvalue weighted by Crippen LogP contribution is 2.20. The van der Waals surface area contributed by atoms with Crippen LogP contribution in [0.5, 0.6) is 5.75 Å². The van der Waals surface area contributed by atoms with E-state index < -0.39 is 4.92 Å². The Hall–Kier alpha value is -1.66. The molecule has 1 atom stereocenters. The summed E-state index contributed by atoms with van der Waals surface area (Å²) in [5.41, 5.74) is 0.0378. The predicted octanol–water partition coefficient (Wildman–Crippen LogP) is 2.08. The minimum atomic E-state index is -0.426. The van der Waals surface area contributed by atoms with E-state index in [1.807, 2.05) is 0 Å². The average Bonchev–Trinajstić information content (AvgIpc) is 2.45. The van der Waals surface area contributed by atoms with Crippen molar-refractivity contribution in [3.63, 3.8) is 0 Å². The van der Waals surface area contributed by atoms with Gasteiger partial charge in [0, 0.05) is 25.2 Å². The second-order valence-electron chi connectivity index (χ2n) is 5.15. The summed E-state index contributed by atoms with van der Waals surface area (Å²) < 4.78 is 11.3. The fourth-order valence-corrected chi connectivity index (χ4v) is 2.19. The van der Waals surface area contributed by atoms with Crippen LogP contribution in [0.2, 0.25) is 0 Å². The molecule has 1 saturated heterocycles. The van der Waals surface area contributed by atoms with Gasteiger partial charge >= 0.3 is 0 Å². The van der Waals surface area contributed by atoms with Crippen LogP contribution in [0, 0.1) is 10.1 Å². The van der Waals surface area contributed by atoms with Gasteiger partial charge in [0.15, 0.2) is 0 Å². The Morgan fingerprint density at radius 1 is 1.55 bits per heavy atom. The average molecular weight is 280 g/mol. The van der Waals surface area contributed by atoms with E-state index in [0.717, 1.165) is 13.1 Å². The number of nitro benzene ring substituents is 1. The molecule has 0 amide bonds. The SMILES string of the molecule is CC(C)N1CCO[C@H](COc2cccc([N+](=O)[O-])c2)C1. The molecule has 1 aromatic carbocycles. The Bertz CT molecular complexity index is 464. The van der Waals surface area contributed by atoms with E-state index in [0.29, 0.717) is 25.0 Å². The minimum absolute atomic E-state index is 0.00501. The van der Waals surface area contributed by atoms with Crippen LogP contribution in [-0.2, 0) is 4.74 Å². The third-order valence-electron chi connectivity index (χ3n) is 3.36. The molecule has 1 aromatic rings. The molecule has 1 fully saturated rings. The van der Waals surface area contributed by atoms with Gasteiger partial charge in [-0.05, 0) is 19.9 Å². The van der Waals surface area contributed by atoms with Crippen LogP contribution in [0.25, 0.3) is 0 Å². The van der Waals surface area contributed by atoms with Gasteiger partial charge in [0.05, 0.1) is 17.6 Å². The van der Waals surface area contributed by atoms with Gasteiger partial charge in [-0.1, -0.05) is 6.07 Å². The maximum atomic E-state index is 10.7. The molecule has 0 saturated carbocycles. The Morgan fingerprint density at radius 3 is 3.05 bits per heavy atom. The lowest BCUT2D eigenvalue weighted by Gasteiger charge is -2.35. The zero-order chi connectivity index (χ0) is 14.5. The number of nitrogens with zero attached hydrogens (tertiary/aromatic N) is 2. The molecule has 0 spiro atoms. The van der Waals surface area contributed by atoms with Crippen molar-refractivity contribution in [1.29, 1.82) is 0 Å². The molecule has 20 heavy (non-hydrogen) atoms. The number of non-ortho nitro benzene ring substituents is 1. The molecule has 110 valence electrons. The molecule has 1 heterocycles. The number of ether oxygens (including phenoxy) is 2. The fraction of sp³-hybridized carbons (Fsp3) is 0.571. The first-order valence-electron chi connectivity index (χ1n) is 6.79. The fourth-order valence-electron chi connectivity index (χ4n) is 2.19. The van der Waals surface area contributed by atoms with E-state index in [4.69, 9.17) is 9.47 Å². The molecule has 0 bridgehead atoms. The molecule has 0 N–H and O–H groups in total. The molecule has 6 nitrogen and oxygen atoms in total. The molecule has 0 aromatic heterocycles. The predicted molar refractivity (Wildman–Crippen MR) is 75.0 cm³/mol. The van der Waals surface area contributed by atoms with E-state index >= 15 is 0 Å². The Balaban J connectivity index is 1.88. The van der Waals surface area contributed by atoms with Crippen molar-refractivity contribution in [3.8, 4) is 5.75 Å². The lowest BCUT2D eigenvalue weighted by Crippen LogP contribution is -2.47. The van der Waals surface area contributed by atoms with Crippen LogP contribution in [0.1, 0.15) is 13.8 Å². The number of morpholine rings is 1. The minimum Gasteiger partial charge on any atom is -0.491 e. The van der Waals surface area contributed by atoms with Crippen LogP contribution in [0.3, 0.4) is 0 Å². The number of benzene rings is 1. The summed E-state index contributed by atoms with van der Waals surface area (Å²) in [5, 5.41) is 10.7. The van der Waals surface area contributed by atoms with Gasteiger partial charge in [0.2, 0.25) is 0 Å². The van der Waals surface area contributed by atoms with Gasteiger partial charge in [0.1, 0.15) is 18.5 Å². The van der Waals surface area contributed by atoms with Crippen molar-refractivity contribution in [1.82, 2.24) is 4.90 Å². The smallest absolute Gasteiger partial charge is 0.273 e. The first-order valence-corrected chi connectivity index (χ1v) is 6.79. The Kier molecular flexibility index (Phi) is 4.92. The van der Waals surface area contributed by atoms with Crippen molar-refractivity contribution in [2.75, 3.05) is 26.3 Å². The molecule has 6 heteroatoms. The molecule has 1 aliphatic rings. The maximum absolute atomic E-state index is 10.7. The first-order chi connectivity index (χ1) is 9.56. The van der Waals surface area contributed by atoms with Crippen molar-refractivity contribution in [3.05, 3.63) is 34.4 Å². The van der Waals surface area contributed by atoms with Gasteiger partial charge in [-0.15, -0.1) is 0 Å². The lowest BCUT2D eigenvalue weighted by molar-refractivity contribution is -0.384. The van der Waals surface area contributed by atoms with E-state index in [2.05, 4.69) is 18.7 Å². The summed E-state index contributed by atoms with van der Waals surface area (Å²) in [6.07, 6.45) is 0.00501. The summed E-state index contributed by atoms with van der Waals surface area (Å²) in [5.74, 6) is 0.504. The van der Waals surface area contributed by atoms with Gasteiger partial charge in [0.25, 0.3) is 5.69 Å². The molecular weight excluding hydrogens is 260 g/mol. The standard InChI is InChI=1S/C14H20N2O4/c1-11(2)15-6-7-19-14(9-15)10-20-13-5-3-4-12(8-13)16(17)18/h3-5,8,11,14H,6-7,9-10H2,1-2H3/t14-/m0/s1.